The Morgan fingerprint density at radius 2 is 2.12 bits per heavy atom. The van der Waals surface area contributed by atoms with E-state index in [9.17, 15) is 0 Å². The number of hydrogen-bond donors (Lipinski definition) is 1. The Morgan fingerprint density at radius 1 is 1.38 bits per heavy atom. The number of benzene rings is 1. The lowest BCUT2D eigenvalue weighted by atomic mass is 10.0. The van der Waals surface area contributed by atoms with Crippen molar-refractivity contribution in [2.45, 2.75) is 32.4 Å². The van der Waals surface area contributed by atoms with E-state index in [1.807, 2.05) is 38.1 Å². The molecule has 90 valence electrons. The highest BCUT2D eigenvalue weighted by atomic mass is 16.5. The number of rotatable bonds is 6. The highest BCUT2D eigenvalue weighted by molar-refractivity contribution is 5.30. The smallest absolute Gasteiger partial charge is 0.119 e. The van der Waals surface area contributed by atoms with Crippen LogP contribution in [0.4, 0.5) is 0 Å². The Hall–Kier alpha value is -1.06. The van der Waals surface area contributed by atoms with Gasteiger partial charge in [0.1, 0.15) is 5.75 Å². The lowest BCUT2D eigenvalue weighted by molar-refractivity contribution is 0.104. The van der Waals surface area contributed by atoms with Gasteiger partial charge < -0.3 is 15.2 Å². The van der Waals surface area contributed by atoms with Gasteiger partial charge in [-0.25, -0.2) is 0 Å². The largest absolute Gasteiger partial charge is 0.494 e. The Bertz CT molecular complexity index is 315. The van der Waals surface area contributed by atoms with Gasteiger partial charge in [0.15, 0.2) is 0 Å². The molecule has 0 aliphatic carbocycles. The monoisotopic (exact) mass is 223 g/mol. The van der Waals surface area contributed by atoms with E-state index in [1.165, 1.54) is 0 Å². The molecule has 16 heavy (non-hydrogen) atoms. The van der Waals surface area contributed by atoms with Gasteiger partial charge in [0.2, 0.25) is 0 Å². The second-order valence-corrected chi connectivity index (χ2v) is 3.89. The van der Waals surface area contributed by atoms with Gasteiger partial charge in [-0.2, -0.15) is 0 Å². The molecule has 2 atom stereocenters. The van der Waals surface area contributed by atoms with Crippen LogP contribution in [0.2, 0.25) is 0 Å². The van der Waals surface area contributed by atoms with E-state index >= 15 is 0 Å². The molecule has 0 aliphatic rings. The minimum absolute atomic E-state index is 0.00430. The van der Waals surface area contributed by atoms with Crippen LogP contribution in [0, 0.1) is 0 Å². The average molecular weight is 223 g/mol. The molecule has 0 amide bonds. The molecule has 2 unspecified atom stereocenters. The van der Waals surface area contributed by atoms with Crippen molar-refractivity contribution in [1.29, 1.82) is 0 Å². The SMILES string of the molecule is CCOc1cccc(C(N)CC(C)OC)c1. The molecule has 0 saturated heterocycles. The van der Waals surface area contributed by atoms with E-state index in [0.29, 0.717) is 6.61 Å². The first-order valence-corrected chi connectivity index (χ1v) is 5.68. The summed E-state index contributed by atoms with van der Waals surface area (Å²) in [7, 11) is 1.70. The molecule has 1 aromatic rings. The first-order valence-electron chi connectivity index (χ1n) is 5.68. The standard InChI is InChI=1S/C13H21NO2/c1-4-16-12-7-5-6-11(9-12)13(14)8-10(2)15-3/h5-7,9-10,13H,4,8,14H2,1-3H3. The van der Waals surface area contributed by atoms with Gasteiger partial charge in [0.05, 0.1) is 12.7 Å². The van der Waals surface area contributed by atoms with Gasteiger partial charge in [0, 0.05) is 13.2 Å². The number of hydrogen-bond acceptors (Lipinski definition) is 3. The fourth-order valence-corrected chi connectivity index (χ4v) is 1.59. The summed E-state index contributed by atoms with van der Waals surface area (Å²) in [5, 5.41) is 0. The Kier molecular flexibility index (Phi) is 5.29. The van der Waals surface area contributed by atoms with Crippen molar-refractivity contribution < 1.29 is 9.47 Å². The second kappa shape index (κ2) is 6.51. The van der Waals surface area contributed by atoms with Crippen molar-refractivity contribution in [2.24, 2.45) is 5.73 Å². The zero-order valence-electron chi connectivity index (χ0n) is 10.3. The molecule has 0 aromatic heterocycles. The van der Waals surface area contributed by atoms with E-state index in [0.717, 1.165) is 17.7 Å². The van der Waals surface area contributed by atoms with Crippen molar-refractivity contribution in [3.8, 4) is 5.75 Å². The molecule has 0 aliphatic heterocycles. The molecule has 3 nitrogen and oxygen atoms in total. The molecule has 0 fully saturated rings. The third kappa shape index (κ3) is 3.83. The predicted molar refractivity (Wildman–Crippen MR) is 65.6 cm³/mol. The van der Waals surface area contributed by atoms with Crippen LogP contribution in [0.3, 0.4) is 0 Å². The maximum absolute atomic E-state index is 6.10. The summed E-state index contributed by atoms with van der Waals surface area (Å²) in [5.41, 5.74) is 7.19. The first-order chi connectivity index (χ1) is 7.67. The zero-order chi connectivity index (χ0) is 12.0. The molecule has 2 N–H and O–H groups in total. The Balaban J connectivity index is 2.67. The van der Waals surface area contributed by atoms with Crippen LogP contribution in [-0.4, -0.2) is 19.8 Å². The van der Waals surface area contributed by atoms with Gasteiger partial charge in [-0.3, -0.25) is 0 Å². The summed E-state index contributed by atoms with van der Waals surface area (Å²) in [5.74, 6) is 0.875. The minimum Gasteiger partial charge on any atom is -0.494 e. The predicted octanol–water partition coefficient (Wildman–Crippen LogP) is 2.51. The number of ether oxygens (including phenoxy) is 2. The van der Waals surface area contributed by atoms with E-state index < -0.39 is 0 Å². The van der Waals surface area contributed by atoms with Crippen LogP contribution >= 0.6 is 0 Å². The molecule has 0 spiro atoms. The van der Waals surface area contributed by atoms with Gasteiger partial charge >= 0.3 is 0 Å². The summed E-state index contributed by atoms with van der Waals surface area (Å²) in [6.45, 7) is 4.67. The normalized spacial score (nSPS) is 14.5. The van der Waals surface area contributed by atoms with Crippen molar-refractivity contribution >= 4 is 0 Å². The van der Waals surface area contributed by atoms with Crippen LogP contribution in [0.1, 0.15) is 31.9 Å². The average Bonchev–Trinajstić information content (AvgIpc) is 2.29. The fourth-order valence-electron chi connectivity index (χ4n) is 1.59. The zero-order valence-corrected chi connectivity index (χ0v) is 10.3. The quantitative estimate of drug-likeness (QED) is 0.806. The maximum Gasteiger partial charge on any atom is 0.119 e. The summed E-state index contributed by atoms with van der Waals surface area (Å²) >= 11 is 0. The Morgan fingerprint density at radius 3 is 2.75 bits per heavy atom. The van der Waals surface area contributed by atoms with E-state index in [-0.39, 0.29) is 12.1 Å². The van der Waals surface area contributed by atoms with Crippen LogP contribution in [0.15, 0.2) is 24.3 Å². The summed E-state index contributed by atoms with van der Waals surface area (Å²) in [6.07, 6.45) is 0.984. The van der Waals surface area contributed by atoms with Gasteiger partial charge in [-0.15, -0.1) is 0 Å². The van der Waals surface area contributed by atoms with Crippen LogP contribution in [-0.2, 0) is 4.74 Å². The van der Waals surface area contributed by atoms with Crippen LogP contribution in [0.5, 0.6) is 5.75 Å². The number of nitrogens with two attached hydrogens (primary N) is 1. The highest BCUT2D eigenvalue weighted by Crippen LogP contribution is 2.21. The van der Waals surface area contributed by atoms with Crippen LogP contribution in [0.25, 0.3) is 0 Å². The third-order valence-corrected chi connectivity index (χ3v) is 2.59. The molecule has 1 aromatic carbocycles. The maximum atomic E-state index is 6.10. The van der Waals surface area contributed by atoms with Crippen molar-refractivity contribution in [1.82, 2.24) is 0 Å². The summed E-state index contributed by atoms with van der Waals surface area (Å²) in [4.78, 5) is 0. The summed E-state index contributed by atoms with van der Waals surface area (Å²) in [6, 6.07) is 7.93. The van der Waals surface area contributed by atoms with Crippen molar-refractivity contribution in [3.05, 3.63) is 29.8 Å². The lowest BCUT2D eigenvalue weighted by Crippen LogP contribution is -2.18. The number of methoxy groups -OCH3 is 1. The molecular formula is C13H21NO2. The van der Waals surface area contributed by atoms with E-state index in [1.54, 1.807) is 7.11 Å². The first kappa shape index (κ1) is 13.0. The highest BCUT2D eigenvalue weighted by Gasteiger charge is 2.11. The molecule has 0 bridgehead atoms. The molecular weight excluding hydrogens is 202 g/mol. The molecule has 3 heteroatoms. The molecule has 0 heterocycles. The molecule has 0 radical (unpaired) electrons. The van der Waals surface area contributed by atoms with Gasteiger partial charge in [-0.05, 0) is 38.0 Å². The minimum atomic E-state index is -0.00430. The fraction of sp³-hybridized carbons (Fsp3) is 0.538. The molecule has 0 saturated carbocycles. The Labute approximate surface area is 97.6 Å². The van der Waals surface area contributed by atoms with E-state index in [4.69, 9.17) is 15.2 Å². The lowest BCUT2D eigenvalue weighted by Gasteiger charge is -2.17. The van der Waals surface area contributed by atoms with Crippen LogP contribution < -0.4 is 10.5 Å². The van der Waals surface area contributed by atoms with E-state index in [2.05, 4.69) is 0 Å². The van der Waals surface area contributed by atoms with Crippen molar-refractivity contribution in [3.63, 3.8) is 0 Å². The third-order valence-electron chi connectivity index (χ3n) is 2.59. The van der Waals surface area contributed by atoms with Gasteiger partial charge in [0.25, 0.3) is 0 Å². The topological polar surface area (TPSA) is 44.5 Å². The summed E-state index contributed by atoms with van der Waals surface area (Å²) < 4.78 is 10.6. The molecule has 1 rings (SSSR count). The van der Waals surface area contributed by atoms with Gasteiger partial charge in [-0.1, -0.05) is 12.1 Å². The van der Waals surface area contributed by atoms with Crippen molar-refractivity contribution in [2.75, 3.05) is 13.7 Å². The second-order valence-electron chi connectivity index (χ2n) is 3.89.